The van der Waals surface area contributed by atoms with E-state index in [2.05, 4.69) is 191 Å². The first-order valence-electron chi connectivity index (χ1n) is 18.9. The van der Waals surface area contributed by atoms with E-state index in [1.54, 1.807) is 0 Å². The number of nitrogens with zero attached hydrogens (tertiary/aromatic N) is 2. The molecule has 0 aliphatic rings. The van der Waals surface area contributed by atoms with E-state index in [-0.39, 0.29) is 0 Å². The maximum Gasteiger partial charge on any atom is 0.136 e. The Kier molecular flexibility index (Phi) is 5.63. The highest BCUT2D eigenvalue weighted by Gasteiger charge is 2.22. The molecule has 0 unspecified atom stereocenters. The Morgan fingerprint density at radius 1 is 0.327 bits per heavy atom. The van der Waals surface area contributed by atoms with E-state index < -0.39 is 0 Å². The Labute approximate surface area is 314 Å². The van der Waals surface area contributed by atoms with Gasteiger partial charge in [-0.3, -0.25) is 0 Å². The summed E-state index contributed by atoms with van der Waals surface area (Å²) in [6.45, 7) is 0. The molecule has 0 radical (unpaired) electrons. The third-order valence-electron chi connectivity index (χ3n) is 12.0. The molecule has 0 saturated heterocycles. The summed E-state index contributed by atoms with van der Waals surface area (Å²) in [6.07, 6.45) is 0. The molecule has 4 aromatic heterocycles. The molecule has 9 aromatic carbocycles. The maximum atomic E-state index is 6.64. The predicted molar refractivity (Wildman–Crippen MR) is 231 cm³/mol. The molecule has 0 amide bonds. The third kappa shape index (κ3) is 3.84. The van der Waals surface area contributed by atoms with E-state index in [0.29, 0.717) is 0 Å². The van der Waals surface area contributed by atoms with Crippen molar-refractivity contribution in [3.63, 3.8) is 0 Å². The first-order chi connectivity index (χ1) is 27.3. The van der Waals surface area contributed by atoms with Crippen LogP contribution in [0.5, 0.6) is 0 Å². The van der Waals surface area contributed by atoms with Crippen LogP contribution in [0, 0.1) is 0 Å². The molecule has 0 spiro atoms. The van der Waals surface area contributed by atoms with Crippen molar-refractivity contribution in [1.82, 2.24) is 8.97 Å². The first kappa shape index (κ1) is 29.1. The molecule has 0 bridgehead atoms. The van der Waals surface area contributed by atoms with Crippen LogP contribution in [0.3, 0.4) is 0 Å². The van der Waals surface area contributed by atoms with Gasteiger partial charge in [-0.15, -0.1) is 0 Å². The highest BCUT2D eigenvalue weighted by atomic mass is 16.3. The fraction of sp³-hybridized carbons (Fsp3) is 0. The van der Waals surface area contributed by atoms with Crippen LogP contribution >= 0.6 is 0 Å². The van der Waals surface area contributed by atoms with Crippen LogP contribution in [0.4, 0.5) is 0 Å². The maximum absolute atomic E-state index is 6.64. The molecule has 13 rings (SSSR count). The molecule has 3 heteroatoms. The minimum Gasteiger partial charge on any atom is -0.456 e. The molecular weight excluding hydrogens is 669 g/mol. The second-order valence-electron chi connectivity index (χ2n) is 14.8. The van der Waals surface area contributed by atoms with Gasteiger partial charge in [0.1, 0.15) is 11.2 Å². The summed E-state index contributed by atoms with van der Waals surface area (Å²) in [5.74, 6) is 0. The second-order valence-corrected chi connectivity index (χ2v) is 14.8. The minimum atomic E-state index is 0.893. The van der Waals surface area contributed by atoms with Gasteiger partial charge >= 0.3 is 0 Å². The largest absolute Gasteiger partial charge is 0.456 e. The van der Waals surface area contributed by atoms with Crippen LogP contribution in [0.15, 0.2) is 186 Å². The smallest absolute Gasteiger partial charge is 0.136 e. The lowest BCUT2D eigenvalue weighted by Gasteiger charge is -2.13. The second kappa shape index (κ2) is 10.6. The molecule has 55 heavy (non-hydrogen) atoms. The number of hydrogen-bond donors (Lipinski definition) is 0. The van der Waals surface area contributed by atoms with Gasteiger partial charge in [-0.1, -0.05) is 115 Å². The Morgan fingerprint density at radius 3 is 1.64 bits per heavy atom. The van der Waals surface area contributed by atoms with Crippen LogP contribution in [0.1, 0.15) is 0 Å². The number of aromatic nitrogens is 2. The first-order valence-corrected chi connectivity index (χ1v) is 18.9. The summed E-state index contributed by atoms with van der Waals surface area (Å²) in [6, 6.07) is 66.4. The summed E-state index contributed by atoms with van der Waals surface area (Å²) in [5, 5.41) is 12.3. The Morgan fingerprint density at radius 2 is 0.909 bits per heavy atom. The molecule has 0 aliphatic heterocycles. The van der Waals surface area contributed by atoms with Crippen molar-refractivity contribution in [2.75, 3.05) is 0 Å². The van der Waals surface area contributed by atoms with Crippen LogP contribution in [0.2, 0.25) is 0 Å². The van der Waals surface area contributed by atoms with Gasteiger partial charge in [0, 0.05) is 54.2 Å². The lowest BCUT2D eigenvalue weighted by atomic mass is 9.92. The summed E-state index contributed by atoms with van der Waals surface area (Å²) in [4.78, 5) is 0. The SMILES string of the molecule is c1ccc(-n2c3ccccc3c3cc(-c4cccc5oc6ccc(-c7cc8c9ccccc9n9c%10ccccc%10c(c7)c89)cc6c45)c4ccccc4c32)cc1. The molecule has 0 saturated carbocycles. The molecule has 0 atom stereocenters. The van der Waals surface area contributed by atoms with Crippen LogP contribution < -0.4 is 0 Å². The number of furan rings is 1. The molecule has 0 N–H and O–H groups in total. The predicted octanol–water partition coefficient (Wildman–Crippen LogP) is 14.3. The summed E-state index contributed by atoms with van der Waals surface area (Å²) in [7, 11) is 0. The molecule has 3 nitrogen and oxygen atoms in total. The van der Waals surface area contributed by atoms with E-state index in [1.807, 2.05) is 0 Å². The standard InChI is InChI=1S/C52H30N2O/c1-2-13-33(14-3-1)53-45-21-9-6-18-37(45)43-30-40(34-15-4-5-19-39(34)51(43)53)38-20-12-24-49-50(38)44-27-31(25-26-48(44)55-49)32-28-41-35-16-7-10-22-46(35)54-47-23-11-8-17-36(47)42(29-32)52(41)54/h1-30H. The van der Waals surface area contributed by atoms with Gasteiger partial charge in [0.25, 0.3) is 0 Å². The summed E-state index contributed by atoms with van der Waals surface area (Å²) in [5.41, 5.74) is 13.9. The topological polar surface area (TPSA) is 22.5 Å². The fourth-order valence-corrected chi connectivity index (χ4v) is 9.74. The lowest BCUT2D eigenvalue weighted by Crippen LogP contribution is -1.94. The number of benzene rings is 9. The average molecular weight is 699 g/mol. The Bertz CT molecular complexity index is 3630. The Balaban J connectivity index is 1.09. The van der Waals surface area contributed by atoms with Crippen molar-refractivity contribution >= 4 is 92.6 Å². The van der Waals surface area contributed by atoms with Gasteiger partial charge in [-0.25, -0.2) is 0 Å². The fourth-order valence-electron chi connectivity index (χ4n) is 9.74. The van der Waals surface area contributed by atoms with Gasteiger partial charge in [0.2, 0.25) is 0 Å². The van der Waals surface area contributed by atoms with Crippen LogP contribution in [0.25, 0.3) is 121 Å². The van der Waals surface area contributed by atoms with Crippen molar-refractivity contribution < 1.29 is 4.42 Å². The van der Waals surface area contributed by atoms with Gasteiger partial charge in [0.15, 0.2) is 0 Å². The van der Waals surface area contributed by atoms with Crippen molar-refractivity contribution in [2.45, 2.75) is 0 Å². The molecular formula is C52H30N2O. The van der Waals surface area contributed by atoms with E-state index in [4.69, 9.17) is 4.42 Å². The number of hydrogen-bond acceptors (Lipinski definition) is 1. The third-order valence-corrected chi connectivity index (χ3v) is 12.0. The van der Waals surface area contributed by atoms with Gasteiger partial charge in [-0.2, -0.15) is 0 Å². The van der Waals surface area contributed by atoms with Crippen molar-refractivity contribution in [3.05, 3.63) is 182 Å². The zero-order chi connectivity index (χ0) is 35.8. The number of fused-ring (bicyclic) bond motifs is 14. The van der Waals surface area contributed by atoms with Crippen LogP contribution in [-0.4, -0.2) is 8.97 Å². The number of para-hydroxylation sites is 4. The van der Waals surface area contributed by atoms with E-state index in [0.717, 1.165) is 27.6 Å². The minimum absolute atomic E-state index is 0.893. The van der Waals surface area contributed by atoms with E-state index in [1.165, 1.54) is 92.9 Å². The zero-order valence-electron chi connectivity index (χ0n) is 29.6. The average Bonchev–Trinajstić information content (AvgIpc) is 3.99. The molecule has 0 fully saturated rings. The van der Waals surface area contributed by atoms with Gasteiger partial charge < -0.3 is 13.4 Å². The van der Waals surface area contributed by atoms with Crippen LogP contribution in [-0.2, 0) is 0 Å². The van der Waals surface area contributed by atoms with Gasteiger partial charge in [-0.05, 0) is 94.4 Å². The highest BCUT2D eigenvalue weighted by molar-refractivity contribution is 6.26. The van der Waals surface area contributed by atoms with Crippen molar-refractivity contribution in [3.8, 4) is 27.9 Å². The zero-order valence-corrected chi connectivity index (χ0v) is 29.6. The van der Waals surface area contributed by atoms with E-state index >= 15 is 0 Å². The molecule has 254 valence electrons. The quantitative estimate of drug-likeness (QED) is 0.180. The van der Waals surface area contributed by atoms with Crippen molar-refractivity contribution in [1.29, 1.82) is 0 Å². The lowest BCUT2D eigenvalue weighted by molar-refractivity contribution is 0.669. The number of rotatable bonds is 3. The molecule has 4 heterocycles. The van der Waals surface area contributed by atoms with E-state index in [9.17, 15) is 0 Å². The van der Waals surface area contributed by atoms with Crippen molar-refractivity contribution in [2.24, 2.45) is 0 Å². The van der Waals surface area contributed by atoms with Gasteiger partial charge in [0.05, 0.1) is 27.6 Å². The summed E-state index contributed by atoms with van der Waals surface area (Å²) < 4.78 is 11.5. The summed E-state index contributed by atoms with van der Waals surface area (Å²) >= 11 is 0. The normalized spacial score (nSPS) is 12.4. The highest BCUT2D eigenvalue weighted by Crippen LogP contribution is 2.46. The molecule has 0 aliphatic carbocycles. The Hall–Kier alpha value is -7.36. The monoisotopic (exact) mass is 698 g/mol. The molecule has 13 aromatic rings.